The first-order valence-electron chi connectivity index (χ1n) is 7.53. The van der Waals surface area contributed by atoms with Crippen LogP contribution in [0.25, 0.3) is 5.69 Å². The summed E-state index contributed by atoms with van der Waals surface area (Å²) in [5, 5.41) is 23.1. The van der Waals surface area contributed by atoms with Crippen LogP contribution < -0.4 is 5.32 Å². The van der Waals surface area contributed by atoms with Gasteiger partial charge >= 0.3 is 5.97 Å². The lowest BCUT2D eigenvalue weighted by molar-refractivity contribution is -0.154. The number of aliphatic carboxylic acids is 1. The summed E-state index contributed by atoms with van der Waals surface area (Å²) >= 11 is 0. The first-order chi connectivity index (χ1) is 11.6. The molecule has 0 aliphatic carbocycles. The summed E-state index contributed by atoms with van der Waals surface area (Å²) < 4.78 is 6.66. The zero-order valence-electron chi connectivity index (χ0n) is 12.9. The third kappa shape index (κ3) is 3.25. The fraction of sp³-hybridized carbons (Fsp3) is 0.400. The Morgan fingerprint density at radius 1 is 1.33 bits per heavy atom. The van der Waals surface area contributed by atoms with Gasteiger partial charge in [0.2, 0.25) is 0 Å². The van der Waals surface area contributed by atoms with E-state index in [0.29, 0.717) is 37.3 Å². The van der Waals surface area contributed by atoms with Crippen LogP contribution in [0.4, 0.5) is 0 Å². The Morgan fingerprint density at radius 3 is 2.79 bits per heavy atom. The summed E-state index contributed by atoms with van der Waals surface area (Å²) in [4.78, 5) is 24.0. The summed E-state index contributed by atoms with van der Waals surface area (Å²) in [7, 11) is 0. The Kier molecular flexibility index (Phi) is 4.52. The second kappa shape index (κ2) is 6.75. The molecule has 1 amide bonds. The lowest BCUT2D eigenvalue weighted by Gasteiger charge is -2.33. The fourth-order valence-electron chi connectivity index (χ4n) is 2.65. The number of amides is 1. The minimum absolute atomic E-state index is 0.0691. The van der Waals surface area contributed by atoms with Crippen LogP contribution in [0.5, 0.6) is 0 Å². The largest absolute Gasteiger partial charge is 0.481 e. The number of benzene rings is 1. The number of rotatable bonds is 5. The van der Waals surface area contributed by atoms with Crippen LogP contribution in [0, 0.1) is 5.41 Å². The van der Waals surface area contributed by atoms with E-state index in [9.17, 15) is 14.7 Å². The number of carboxylic acids is 1. The predicted octanol–water partition coefficient (Wildman–Crippen LogP) is 0.273. The zero-order valence-corrected chi connectivity index (χ0v) is 12.9. The molecule has 1 aromatic heterocycles. The molecule has 1 saturated heterocycles. The molecular formula is C15H17N5O4. The maximum absolute atomic E-state index is 12.4. The van der Waals surface area contributed by atoms with E-state index in [1.165, 1.54) is 11.0 Å². The molecule has 2 heterocycles. The maximum atomic E-state index is 12.4. The van der Waals surface area contributed by atoms with Gasteiger partial charge in [0.25, 0.3) is 5.91 Å². The zero-order chi connectivity index (χ0) is 17.0. The summed E-state index contributed by atoms with van der Waals surface area (Å²) in [5.74, 6) is -1.24. The van der Waals surface area contributed by atoms with E-state index in [1.807, 2.05) is 0 Å². The van der Waals surface area contributed by atoms with Gasteiger partial charge in [-0.05, 0) is 41.5 Å². The molecule has 126 valence electrons. The third-order valence-electron chi connectivity index (χ3n) is 4.21. The lowest BCUT2D eigenvalue weighted by Crippen LogP contribution is -2.46. The number of nitrogens with one attached hydrogen (secondary N) is 1. The van der Waals surface area contributed by atoms with Gasteiger partial charge in [0.05, 0.1) is 11.1 Å². The van der Waals surface area contributed by atoms with Crippen molar-refractivity contribution in [3.63, 3.8) is 0 Å². The van der Waals surface area contributed by atoms with Crippen molar-refractivity contribution in [1.82, 2.24) is 25.5 Å². The van der Waals surface area contributed by atoms with Crippen molar-refractivity contribution >= 4 is 11.9 Å². The Labute approximate surface area is 137 Å². The smallest absolute Gasteiger partial charge is 0.311 e. The number of ether oxygens (including phenoxy) is 1. The second-order valence-electron chi connectivity index (χ2n) is 5.69. The first-order valence-corrected chi connectivity index (χ1v) is 7.53. The molecule has 9 heteroatoms. The molecule has 0 spiro atoms. The van der Waals surface area contributed by atoms with Crippen molar-refractivity contribution in [3.05, 3.63) is 36.2 Å². The quantitative estimate of drug-likeness (QED) is 0.807. The molecule has 2 N–H and O–H groups in total. The van der Waals surface area contributed by atoms with Gasteiger partial charge in [0.15, 0.2) is 0 Å². The van der Waals surface area contributed by atoms with Gasteiger partial charge in [-0.3, -0.25) is 9.59 Å². The number of hydrogen-bond donors (Lipinski definition) is 2. The van der Waals surface area contributed by atoms with E-state index >= 15 is 0 Å². The van der Waals surface area contributed by atoms with Crippen molar-refractivity contribution < 1.29 is 19.4 Å². The Balaban J connectivity index is 1.71. The minimum atomic E-state index is -0.971. The molecule has 0 radical (unpaired) electrons. The Bertz CT molecular complexity index is 725. The number of aromatic nitrogens is 4. The second-order valence-corrected chi connectivity index (χ2v) is 5.69. The molecule has 2 aromatic rings. The average molecular weight is 331 g/mol. The van der Waals surface area contributed by atoms with Crippen molar-refractivity contribution in [3.8, 4) is 5.69 Å². The summed E-state index contributed by atoms with van der Waals surface area (Å²) in [5.41, 5.74) is 0.0868. The SMILES string of the molecule is O=C(NCC1(C(=O)O)CCOCC1)c1cccc(-n2cnnn2)c1. The molecule has 0 atom stereocenters. The summed E-state index contributed by atoms with van der Waals surface area (Å²) in [6.07, 6.45) is 2.19. The average Bonchev–Trinajstić information content (AvgIpc) is 3.15. The molecule has 0 bridgehead atoms. The first kappa shape index (κ1) is 16.1. The van der Waals surface area contributed by atoms with Gasteiger partial charge < -0.3 is 15.2 Å². The highest BCUT2D eigenvalue weighted by Gasteiger charge is 2.40. The number of tetrazole rings is 1. The van der Waals surface area contributed by atoms with Crippen molar-refractivity contribution in [1.29, 1.82) is 0 Å². The molecule has 1 aliphatic heterocycles. The number of carbonyl (C=O) groups excluding carboxylic acids is 1. The number of carboxylic acid groups (broad SMARTS) is 1. The molecule has 24 heavy (non-hydrogen) atoms. The third-order valence-corrected chi connectivity index (χ3v) is 4.21. The standard InChI is InChI=1S/C15H17N5O4/c21-13(16-9-15(14(22)23)4-6-24-7-5-15)11-2-1-3-12(8-11)20-10-17-18-19-20/h1-3,8,10H,4-7,9H2,(H,16,21)(H,22,23). The highest BCUT2D eigenvalue weighted by atomic mass is 16.5. The number of carbonyl (C=O) groups is 2. The number of hydrogen-bond acceptors (Lipinski definition) is 6. The van der Waals surface area contributed by atoms with Crippen LogP contribution in [-0.4, -0.2) is 56.9 Å². The van der Waals surface area contributed by atoms with Crippen LogP contribution in [0.1, 0.15) is 23.2 Å². The van der Waals surface area contributed by atoms with Crippen LogP contribution >= 0.6 is 0 Å². The van der Waals surface area contributed by atoms with E-state index in [1.54, 1.807) is 24.3 Å². The van der Waals surface area contributed by atoms with Crippen molar-refractivity contribution in [2.45, 2.75) is 12.8 Å². The molecular weight excluding hydrogens is 314 g/mol. The van der Waals surface area contributed by atoms with Crippen molar-refractivity contribution in [2.75, 3.05) is 19.8 Å². The Hall–Kier alpha value is -2.81. The molecule has 3 rings (SSSR count). The van der Waals surface area contributed by atoms with Gasteiger partial charge in [-0.2, -0.15) is 0 Å². The van der Waals surface area contributed by atoms with Gasteiger partial charge in [0.1, 0.15) is 6.33 Å². The topological polar surface area (TPSA) is 119 Å². The summed E-state index contributed by atoms with van der Waals surface area (Å²) in [6.45, 7) is 0.841. The van der Waals surface area contributed by atoms with Gasteiger partial charge in [-0.25, -0.2) is 4.68 Å². The molecule has 1 fully saturated rings. The predicted molar refractivity (Wildman–Crippen MR) is 81.6 cm³/mol. The van der Waals surface area contributed by atoms with E-state index in [-0.39, 0.29) is 12.5 Å². The normalized spacial score (nSPS) is 16.5. The van der Waals surface area contributed by atoms with Crippen LogP contribution in [-0.2, 0) is 9.53 Å². The maximum Gasteiger partial charge on any atom is 0.311 e. The lowest BCUT2D eigenvalue weighted by atomic mass is 9.80. The minimum Gasteiger partial charge on any atom is -0.481 e. The number of nitrogens with zero attached hydrogens (tertiary/aromatic N) is 4. The van der Waals surface area contributed by atoms with E-state index < -0.39 is 11.4 Å². The van der Waals surface area contributed by atoms with Crippen molar-refractivity contribution in [2.24, 2.45) is 5.41 Å². The highest BCUT2D eigenvalue weighted by Crippen LogP contribution is 2.30. The van der Waals surface area contributed by atoms with Gasteiger partial charge in [-0.1, -0.05) is 6.07 Å². The van der Waals surface area contributed by atoms with Gasteiger partial charge in [-0.15, -0.1) is 5.10 Å². The van der Waals surface area contributed by atoms with Crippen LogP contribution in [0.15, 0.2) is 30.6 Å². The molecule has 9 nitrogen and oxygen atoms in total. The molecule has 1 aliphatic rings. The highest BCUT2D eigenvalue weighted by molar-refractivity contribution is 5.95. The summed E-state index contributed by atoms with van der Waals surface area (Å²) in [6, 6.07) is 6.78. The van der Waals surface area contributed by atoms with E-state index in [4.69, 9.17) is 4.74 Å². The monoisotopic (exact) mass is 331 g/mol. The molecule has 0 unspecified atom stereocenters. The Morgan fingerprint density at radius 2 is 2.12 bits per heavy atom. The van der Waals surface area contributed by atoms with E-state index in [0.717, 1.165) is 0 Å². The van der Waals surface area contributed by atoms with Crippen LogP contribution in [0.3, 0.4) is 0 Å². The van der Waals surface area contributed by atoms with Gasteiger partial charge in [0, 0.05) is 25.3 Å². The van der Waals surface area contributed by atoms with E-state index in [2.05, 4.69) is 20.8 Å². The van der Waals surface area contributed by atoms with Crippen LogP contribution in [0.2, 0.25) is 0 Å². The molecule has 1 aromatic carbocycles. The molecule has 0 saturated carbocycles. The fourth-order valence-corrected chi connectivity index (χ4v) is 2.65.